The summed E-state index contributed by atoms with van der Waals surface area (Å²) in [5, 5.41) is 6.43. The van der Waals surface area contributed by atoms with Crippen LogP contribution in [-0.4, -0.2) is 38.8 Å². The van der Waals surface area contributed by atoms with Gasteiger partial charge < -0.3 is 9.64 Å². The van der Waals surface area contributed by atoms with Crippen molar-refractivity contribution in [3.63, 3.8) is 0 Å². The van der Waals surface area contributed by atoms with E-state index in [9.17, 15) is 4.79 Å². The Hall–Kier alpha value is -3.81. The molecule has 8 heteroatoms. The lowest BCUT2D eigenvalue weighted by molar-refractivity contribution is -0.113. The molecule has 3 aromatic carbocycles. The molecule has 2 aliphatic rings. The molecule has 1 fully saturated rings. The maximum Gasteiger partial charge on any atom is 0.286 e. The number of para-hydroxylation sites is 1. The number of ether oxygens (including phenoxy) is 1. The highest BCUT2D eigenvalue weighted by Gasteiger charge is 2.29. The van der Waals surface area contributed by atoms with Gasteiger partial charge in [-0.3, -0.25) is 4.79 Å². The van der Waals surface area contributed by atoms with E-state index in [0.717, 1.165) is 58.5 Å². The molecule has 6 nitrogen and oxygen atoms in total. The van der Waals surface area contributed by atoms with Gasteiger partial charge >= 0.3 is 0 Å². The van der Waals surface area contributed by atoms with Crippen LogP contribution >= 0.6 is 23.4 Å². The average Bonchev–Trinajstić information content (AvgIpc) is 3.57. The van der Waals surface area contributed by atoms with Gasteiger partial charge in [-0.05, 0) is 90.7 Å². The van der Waals surface area contributed by atoms with Crippen LogP contribution in [0.4, 0.5) is 0 Å². The summed E-state index contributed by atoms with van der Waals surface area (Å²) in [5.74, 6) is 1.17. The molecular weight excluding hydrogens is 540 g/mol. The molecule has 0 radical (unpaired) electrons. The first-order valence-electron chi connectivity index (χ1n) is 13.4. The number of halogens is 1. The van der Waals surface area contributed by atoms with Crippen molar-refractivity contribution in [2.75, 3.05) is 13.1 Å². The number of amidine groups is 1. The average molecular weight is 569 g/mol. The molecule has 0 spiro atoms. The van der Waals surface area contributed by atoms with Crippen LogP contribution in [-0.2, 0) is 11.4 Å². The first-order valence-corrected chi connectivity index (χ1v) is 14.6. The lowest BCUT2D eigenvalue weighted by Gasteiger charge is -2.31. The van der Waals surface area contributed by atoms with Crippen LogP contribution in [0.15, 0.2) is 95.0 Å². The van der Waals surface area contributed by atoms with E-state index in [1.165, 1.54) is 18.2 Å². The van der Waals surface area contributed by atoms with Crippen LogP contribution in [0.25, 0.3) is 23.0 Å². The number of carbonyl (C=O) groups is 1. The van der Waals surface area contributed by atoms with Gasteiger partial charge in [-0.25, -0.2) is 4.68 Å². The number of rotatable bonds is 6. The van der Waals surface area contributed by atoms with E-state index in [4.69, 9.17) is 21.4 Å². The second-order valence-corrected chi connectivity index (χ2v) is 11.6. The summed E-state index contributed by atoms with van der Waals surface area (Å²) >= 11 is 7.45. The van der Waals surface area contributed by atoms with Gasteiger partial charge in [0.25, 0.3) is 5.91 Å². The molecule has 1 unspecified atom stereocenters. The third-order valence-corrected chi connectivity index (χ3v) is 8.33. The van der Waals surface area contributed by atoms with Gasteiger partial charge in [0.1, 0.15) is 12.4 Å². The number of aliphatic imine (C=N–C) groups is 1. The van der Waals surface area contributed by atoms with Gasteiger partial charge in [0, 0.05) is 35.4 Å². The first kappa shape index (κ1) is 26.4. The Kier molecular flexibility index (Phi) is 7.75. The summed E-state index contributed by atoms with van der Waals surface area (Å²) in [4.78, 5) is 20.2. The van der Waals surface area contributed by atoms with Gasteiger partial charge in [0.2, 0.25) is 0 Å². The third-order valence-electron chi connectivity index (χ3n) is 7.03. The molecular formula is C32H29ClN4O2S. The fourth-order valence-electron chi connectivity index (χ4n) is 4.92. The largest absolute Gasteiger partial charge is 0.489 e. The molecule has 0 aliphatic carbocycles. The van der Waals surface area contributed by atoms with Crippen molar-refractivity contribution in [2.24, 2.45) is 10.9 Å². The van der Waals surface area contributed by atoms with Crippen molar-refractivity contribution in [3.8, 4) is 22.7 Å². The van der Waals surface area contributed by atoms with Crippen LogP contribution < -0.4 is 4.74 Å². The molecule has 202 valence electrons. The number of piperidine rings is 1. The van der Waals surface area contributed by atoms with Crippen LogP contribution in [0, 0.1) is 5.92 Å². The quantitative estimate of drug-likeness (QED) is 0.226. The van der Waals surface area contributed by atoms with E-state index in [1.807, 2.05) is 95.8 Å². The summed E-state index contributed by atoms with van der Waals surface area (Å²) in [7, 11) is 0. The molecule has 2 aliphatic heterocycles. The Morgan fingerprint density at radius 1 is 1.05 bits per heavy atom. The number of benzene rings is 3. The summed E-state index contributed by atoms with van der Waals surface area (Å²) in [6.45, 7) is 4.59. The van der Waals surface area contributed by atoms with Crippen molar-refractivity contribution in [2.45, 2.75) is 26.4 Å². The van der Waals surface area contributed by atoms with Crippen molar-refractivity contribution >= 4 is 40.5 Å². The fraction of sp³-hybridized carbons (Fsp3) is 0.219. The maximum atomic E-state index is 12.9. The van der Waals surface area contributed by atoms with E-state index >= 15 is 0 Å². The number of thioether (sulfide) groups is 1. The van der Waals surface area contributed by atoms with Crippen LogP contribution in [0.1, 0.15) is 30.9 Å². The molecule has 3 heterocycles. The molecule has 6 rings (SSSR count). The van der Waals surface area contributed by atoms with Crippen LogP contribution in [0.5, 0.6) is 5.75 Å². The number of amides is 1. The Morgan fingerprint density at radius 2 is 1.82 bits per heavy atom. The topological polar surface area (TPSA) is 59.7 Å². The second kappa shape index (κ2) is 11.7. The number of carbonyl (C=O) groups excluding carboxylic acids is 1. The predicted molar refractivity (Wildman–Crippen MR) is 163 cm³/mol. The van der Waals surface area contributed by atoms with Crippen molar-refractivity contribution in [3.05, 3.63) is 106 Å². The molecule has 0 saturated carbocycles. The first-order chi connectivity index (χ1) is 19.5. The van der Waals surface area contributed by atoms with E-state index in [2.05, 4.69) is 16.8 Å². The van der Waals surface area contributed by atoms with Crippen LogP contribution in [0.2, 0.25) is 5.02 Å². The number of hydrogen-bond donors (Lipinski definition) is 0. The standard InChI is InChI=1S/C32H29ClN4O2S/c1-22-6-5-17-36(19-22)32-34-31(38)29(40-32)18-25-20-37(27-7-3-2-4-8-27)35-30(25)24-11-15-28(16-12-24)39-21-23-9-13-26(33)14-10-23/h2-4,7-16,18,20,22H,5-6,17,19,21H2,1H3. The van der Waals surface area contributed by atoms with E-state index in [-0.39, 0.29) is 5.91 Å². The summed E-state index contributed by atoms with van der Waals surface area (Å²) in [6.07, 6.45) is 6.24. The van der Waals surface area contributed by atoms with Crippen LogP contribution in [0.3, 0.4) is 0 Å². The van der Waals surface area contributed by atoms with Gasteiger partial charge in [0.05, 0.1) is 16.3 Å². The lowest BCUT2D eigenvalue weighted by atomic mass is 10.0. The summed E-state index contributed by atoms with van der Waals surface area (Å²) in [5.41, 5.74) is 4.57. The lowest BCUT2D eigenvalue weighted by Crippen LogP contribution is -2.37. The zero-order valence-corrected chi connectivity index (χ0v) is 23.7. The Bertz CT molecular complexity index is 1560. The van der Waals surface area contributed by atoms with Crippen molar-refractivity contribution in [1.29, 1.82) is 0 Å². The van der Waals surface area contributed by atoms with Gasteiger partial charge in [-0.1, -0.05) is 48.9 Å². The van der Waals surface area contributed by atoms with E-state index in [1.54, 1.807) is 0 Å². The Morgan fingerprint density at radius 3 is 2.58 bits per heavy atom. The minimum Gasteiger partial charge on any atom is -0.489 e. The normalized spacial score (nSPS) is 18.3. The molecule has 4 aromatic rings. The zero-order valence-electron chi connectivity index (χ0n) is 22.2. The highest BCUT2D eigenvalue weighted by molar-refractivity contribution is 8.18. The summed E-state index contributed by atoms with van der Waals surface area (Å²) in [6, 6.07) is 25.5. The highest BCUT2D eigenvalue weighted by Crippen LogP contribution is 2.35. The van der Waals surface area contributed by atoms with Crippen molar-refractivity contribution < 1.29 is 9.53 Å². The Balaban J connectivity index is 1.26. The third kappa shape index (κ3) is 6.01. The minimum atomic E-state index is -0.192. The molecule has 1 saturated heterocycles. The SMILES string of the molecule is CC1CCCN(C2=NC(=O)C(=Cc3cn(-c4ccccc4)nc3-c3ccc(OCc4ccc(Cl)cc4)cc3)S2)C1. The highest BCUT2D eigenvalue weighted by atomic mass is 35.5. The fourth-order valence-corrected chi connectivity index (χ4v) is 5.99. The Labute approximate surface area is 243 Å². The zero-order chi connectivity index (χ0) is 27.5. The predicted octanol–water partition coefficient (Wildman–Crippen LogP) is 7.47. The number of aromatic nitrogens is 2. The minimum absolute atomic E-state index is 0.192. The van der Waals surface area contributed by atoms with Gasteiger partial charge in [0.15, 0.2) is 5.17 Å². The van der Waals surface area contributed by atoms with E-state index < -0.39 is 0 Å². The number of likely N-dealkylation sites (tertiary alicyclic amines) is 1. The molecule has 1 aromatic heterocycles. The monoisotopic (exact) mass is 568 g/mol. The molecule has 40 heavy (non-hydrogen) atoms. The molecule has 1 amide bonds. The second-order valence-electron chi connectivity index (χ2n) is 10.2. The smallest absolute Gasteiger partial charge is 0.286 e. The van der Waals surface area contributed by atoms with Crippen molar-refractivity contribution in [1.82, 2.24) is 14.7 Å². The van der Waals surface area contributed by atoms with Gasteiger partial charge in [-0.2, -0.15) is 10.1 Å². The summed E-state index contributed by atoms with van der Waals surface area (Å²) < 4.78 is 7.83. The number of hydrogen-bond acceptors (Lipinski definition) is 5. The van der Waals surface area contributed by atoms with Gasteiger partial charge in [-0.15, -0.1) is 0 Å². The van der Waals surface area contributed by atoms with E-state index in [0.29, 0.717) is 22.5 Å². The molecule has 0 N–H and O–H groups in total. The number of nitrogens with zero attached hydrogens (tertiary/aromatic N) is 4. The molecule has 1 atom stereocenters. The molecule has 0 bridgehead atoms. The maximum absolute atomic E-state index is 12.9.